The number of carboxylic acid groups (broad SMARTS) is 1. The summed E-state index contributed by atoms with van der Waals surface area (Å²) in [7, 11) is 4.36. The molecule has 1 saturated heterocycles. The van der Waals surface area contributed by atoms with Crippen LogP contribution in [0.15, 0.2) is 54.5 Å². The highest BCUT2D eigenvalue weighted by Gasteiger charge is 2.49. The molecule has 1 aromatic rings. The lowest BCUT2D eigenvalue weighted by Crippen LogP contribution is -2.61. The number of nitrogens with one attached hydrogen (secondary N) is 1. The zero-order valence-corrected chi connectivity index (χ0v) is 19.5. The molecule has 168 valence electrons. The minimum Gasteiger partial charge on any atom is -0.478 e. The van der Waals surface area contributed by atoms with Crippen molar-refractivity contribution < 1.29 is 14.6 Å². The lowest BCUT2D eigenvalue weighted by Gasteiger charge is -2.51. The smallest absolute Gasteiger partial charge is 0.335 e. The van der Waals surface area contributed by atoms with E-state index in [0.717, 1.165) is 61.1 Å². The third-order valence-corrected chi connectivity index (χ3v) is 6.47. The first-order valence-electron chi connectivity index (χ1n) is 10.8. The van der Waals surface area contributed by atoms with Crippen molar-refractivity contribution >= 4 is 11.7 Å². The summed E-state index contributed by atoms with van der Waals surface area (Å²) in [5, 5.41) is 12.8. The highest BCUT2D eigenvalue weighted by atomic mass is 16.5. The van der Waals surface area contributed by atoms with E-state index in [0.29, 0.717) is 10.0 Å². The number of rotatable bonds is 6. The molecule has 2 aliphatic heterocycles. The summed E-state index contributed by atoms with van der Waals surface area (Å²) in [6.07, 6.45) is 2.92. The normalized spacial score (nSPS) is 22.4. The second-order valence-electron chi connectivity index (χ2n) is 9.83. The summed E-state index contributed by atoms with van der Waals surface area (Å²) < 4.78 is 6.04. The van der Waals surface area contributed by atoms with Crippen molar-refractivity contribution in [2.45, 2.75) is 33.2 Å². The number of allylic oxidation sites excluding steroid dienone is 1. The van der Waals surface area contributed by atoms with Crippen molar-refractivity contribution in [1.82, 2.24) is 14.7 Å². The van der Waals surface area contributed by atoms with Crippen molar-refractivity contribution in [3.8, 4) is 0 Å². The van der Waals surface area contributed by atoms with E-state index in [-0.39, 0.29) is 11.5 Å². The summed E-state index contributed by atoms with van der Waals surface area (Å²) in [6.45, 7) is 18.3. The molecular weight excluding hydrogens is 390 g/mol. The Morgan fingerprint density at radius 2 is 1.94 bits per heavy atom. The number of benzene rings is 1. The van der Waals surface area contributed by atoms with Gasteiger partial charge in [-0.1, -0.05) is 27.0 Å². The van der Waals surface area contributed by atoms with Crippen LogP contribution < -0.4 is 9.80 Å². The molecule has 6 nitrogen and oxygen atoms in total. The summed E-state index contributed by atoms with van der Waals surface area (Å²) in [6, 6.07) is 5.63. The fraction of sp³-hybridized carbons (Fsp3) is 0.480. The number of likely N-dealkylation sites (N-methyl/N-ethyl adjacent to an activating group) is 1. The molecule has 0 spiro atoms. The van der Waals surface area contributed by atoms with E-state index >= 15 is 0 Å². The maximum absolute atomic E-state index is 11.5. The van der Waals surface area contributed by atoms with E-state index < -0.39 is 5.97 Å². The molecule has 0 aliphatic carbocycles. The van der Waals surface area contributed by atoms with E-state index in [9.17, 15) is 9.90 Å². The second-order valence-corrected chi connectivity index (χ2v) is 9.83. The number of hydrogen-bond donors (Lipinski definition) is 2. The fourth-order valence-corrected chi connectivity index (χ4v) is 5.47. The Kier molecular flexibility index (Phi) is 6.35. The number of carbonyl (C=O) groups is 1. The highest BCUT2D eigenvalue weighted by molar-refractivity contribution is 5.88. The van der Waals surface area contributed by atoms with Gasteiger partial charge in [0.2, 0.25) is 0 Å². The molecule has 1 fully saturated rings. The topological polar surface area (TPSA) is 61.8 Å². The first-order valence-corrected chi connectivity index (χ1v) is 10.8. The van der Waals surface area contributed by atoms with Crippen LogP contribution in [0, 0.1) is 5.41 Å². The molecule has 0 saturated carbocycles. The average molecular weight is 427 g/mol. The number of ether oxygens (including phenoxy) is 1. The molecule has 1 atom stereocenters. The third kappa shape index (κ3) is 4.70. The summed E-state index contributed by atoms with van der Waals surface area (Å²) in [5.74, 6) is -0.00405. The van der Waals surface area contributed by atoms with Crippen LogP contribution in [0.3, 0.4) is 0 Å². The molecule has 0 amide bonds. The van der Waals surface area contributed by atoms with Crippen LogP contribution in [-0.4, -0.2) is 62.4 Å². The first kappa shape index (κ1) is 23.1. The molecule has 1 unspecified atom stereocenters. The van der Waals surface area contributed by atoms with Gasteiger partial charge in [-0.25, -0.2) is 4.79 Å². The molecule has 0 radical (unpaired) electrons. The number of hydrogen-bond acceptors (Lipinski definition) is 4. The van der Waals surface area contributed by atoms with Gasteiger partial charge in [-0.3, -0.25) is 4.48 Å². The fourth-order valence-electron chi connectivity index (χ4n) is 5.47. The zero-order valence-electron chi connectivity index (χ0n) is 19.5. The molecule has 0 bridgehead atoms. The van der Waals surface area contributed by atoms with E-state index in [1.165, 1.54) is 0 Å². The van der Waals surface area contributed by atoms with Gasteiger partial charge in [-0.15, -0.1) is 0 Å². The average Bonchev–Trinajstić information content (AvgIpc) is 2.66. The number of carboxylic acids is 1. The Morgan fingerprint density at radius 1 is 1.29 bits per heavy atom. The van der Waals surface area contributed by atoms with Gasteiger partial charge in [0.15, 0.2) is 0 Å². The summed E-state index contributed by atoms with van der Waals surface area (Å²) in [5.41, 5.74) is 4.54. The van der Waals surface area contributed by atoms with Gasteiger partial charge >= 0.3 is 5.97 Å². The van der Waals surface area contributed by atoms with Crippen LogP contribution in [0.1, 0.15) is 36.7 Å². The zero-order chi connectivity index (χ0) is 23.0. The predicted molar refractivity (Wildman–Crippen MR) is 126 cm³/mol. The number of aromatic carboxylic acids is 1. The van der Waals surface area contributed by atoms with Crippen LogP contribution in [0.4, 0.5) is 5.69 Å². The molecule has 31 heavy (non-hydrogen) atoms. The summed E-state index contributed by atoms with van der Waals surface area (Å²) in [4.78, 5) is 13.7. The monoisotopic (exact) mass is 426 g/mol. The first-order chi connectivity index (χ1) is 14.4. The van der Waals surface area contributed by atoms with Crippen molar-refractivity contribution in [2.24, 2.45) is 5.41 Å². The van der Waals surface area contributed by atoms with Gasteiger partial charge in [0.1, 0.15) is 11.7 Å². The molecule has 2 aliphatic rings. The number of quaternary nitrogens is 1. The largest absolute Gasteiger partial charge is 0.478 e. The Bertz CT molecular complexity index is 924. The van der Waals surface area contributed by atoms with E-state index in [1.54, 1.807) is 6.07 Å². The second kappa shape index (κ2) is 8.52. The van der Waals surface area contributed by atoms with Crippen LogP contribution >= 0.6 is 0 Å². The Labute approximate surface area is 186 Å². The van der Waals surface area contributed by atoms with Gasteiger partial charge in [-0.05, 0) is 31.6 Å². The van der Waals surface area contributed by atoms with Crippen LogP contribution in [0.25, 0.3) is 0 Å². The molecule has 2 heterocycles. The molecular formula is C25H36N3O3+. The van der Waals surface area contributed by atoms with Crippen molar-refractivity contribution in [3.63, 3.8) is 0 Å². The van der Waals surface area contributed by atoms with Crippen LogP contribution in [0.2, 0.25) is 0 Å². The van der Waals surface area contributed by atoms with Gasteiger partial charge in [-0.2, -0.15) is 0 Å². The van der Waals surface area contributed by atoms with Gasteiger partial charge in [0.25, 0.3) is 0 Å². The van der Waals surface area contributed by atoms with E-state index in [4.69, 9.17) is 4.74 Å². The summed E-state index contributed by atoms with van der Waals surface area (Å²) >= 11 is 0. The maximum atomic E-state index is 11.5. The minimum atomic E-state index is -0.887. The van der Waals surface area contributed by atoms with E-state index in [1.807, 2.05) is 19.1 Å². The standard InChI is InChI=1S/C25H35N3O3/c1-17(14-18(2)26-19(3)27-10-12-31-13-11-27)23-25(4,5)16-21-15-20(24(29)30)8-9-22(21)28(23,6)7/h8-9,14-15,23,26H,1,3,10-13,16H2,2,4-7H3/p+1/b18-14+. The Hall–Kier alpha value is -2.57. The Morgan fingerprint density at radius 3 is 2.55 bits per heavy atom. The quantitative estimate of drug-likeness (QED) is 0.536. The maximum Gasteiger partial charge on any atom is 0.335 e. The van der Waals surface area contributed by atoms with Gasteiger partial charge < -0.3 is 20.1 Å². The molecule has 1 aromatic carbocycles. The van der Waals surface area contributed by atoms with Crippen LogP contribution in [-0.2, 0) is 11.2 Å². The lowest BCUT2D eigenvalue weighted by molar-refractivity contribution is 0.0513. The molecule has 3 rings (SSSR count). The lowest BCUT2D eigenvalue weighted by atomic mass is 9.70. The van der Waals surface area contributed by atoms with Crippen molar-refractivity contribution in [2.75, 3.05) is 40.4 Å². The number of nitrogens with zero attached hydrogens (tertiary/aromatic N) is 2. The predicted octanol–water partition coefficient (Wildman–Crippen LogP) is 3.76. The highest BCUT2D eigenvalue weighted by Crippen LogP contribution is 2.46. The van der Waals surface area contributed by atoms with Crippen molar-refractivity contribution in [3.05, 3.63) is 65.7 Å². The Balaban J connectivity index is 1.84. The van der Waals surface area contributed by atoms with Crippen LogP contribution in [0.5, 0.6) is 0 Å². The van der Waals surface area contributed by atoms with Gasteiger partial charge in [0, 0.05) is 41.4 Å². The molecule has 6 heteroatoms. The van der Waals surface area contributed by atoms with Crippen molar-refractivity contribution in [1.29, 1.82) is 0 Å². The SMILES string of the molecule is C=C(/C=C(\C)NC(=C)N1CCOCC1)C1C(C)(C)Cc2cc(C(=O)O)ccc2[N+]1(C)C. The minimum absolute atomic E-state index is 0.0945. The van der Waals surface area contributed by atoms with Gasteiger partial charge in [0.05, 0.1) is 38.7 Å². The molecule has 0 aromatic heterocycles. The third-order valence-electron chi connectivity index (χ3n) is 6.47. The molecule has 2 N–H and O–H groups in total. The van der Waals surface area contributed by atoms with E-state index in [2.05, 4.69) is 57.4 Å². The number of morpholine rings is 1. The number of fused-ring (bicyclic) bond motifs is 1.